The molecule has 5 heterocycles. The average molecular weight is 381 g/mol. The first-order valence-corrected chi connectivity index (χ1v) is 9.11. The molecule has 0 amide bonds. The van der Waals surface area contributed by atoms with Crippen LogP contribution in [0.1, 0.15) is 5.82 Å². The number of hydrogen-bond donors (Lipinski definition) is 4. The number of aromatic amines is 3. The van der Waals surface area contributed by atoms with E-state index in [-0.39, 0.29) is 0 Å². The molecular formula is C20H15N9. The van der Waals surface area contributed by atoms with Crippen LogP contribution < -0.4 is 5.32 Å². The molecule has 0 bridgehead atoms. The number of H-pyrrole nitrogens is 3. The van der Waals surface area contributed by atoms with Gasteiger partial charge in [-0.05, 0) is 37.3 Å². The van der Waals surface area contributed by atoms with Crippen LogP contribution in [-0.4, -0.2) is 40.1 Å². The fraction of sp³-hybridized carbons (Fsp3) is 0.0500. The molecule has 29 heavy (non-hydrogen) atoms. The summed E-state index contributed by atoms with van der Waals surface area (Å²) in [7, 11) is 0. The fourth-order valence-corrected chi connectivity index (χ4v) is 3.47. The van der Waals surface area contributed by atoms with Crippen molar-refractivity contribution in [3.63, 3.8) is 0 Å². The Kier molecular flexibility index (Phi) is 3.19. The number of nitrogens with one attached hydrogen (secondary N) is 4. The third-order valence-corrected chi connectivity index (χ3v) is 4.82. The smallest absolute Gasteiger partial charge is 0.164 e. The first-order chi connectivity index (χ1) is 14.2. The number of aromatic nitrogens is 8. The molecule has 9 nitrogen and oxygen atoms in total. The number of aryl methyl sites for hydroxylation is 1. The van der Waals surface area contributed by atoms with Gasteiger partial charge in [0.15, 0.2) is 11.6 Å². The molecule has 0 radical (unpaired) electrons. The lowest BCUT2D eigenvalue weighted by molar-refractivity contribution is 1.11. The highest BCUT2D eigenvalue weighted by Crippen LogP contribution is 2.27. The largest absolute Gasteiger partial charge is 0.360 e. The van der Waals surface area contributed by atoms with Crippen molar-refractivity contribution in [3.05, 3.63) is 54.7 Å². The van der Waals surface area contributed by atoms with E-state index < -0.39 is 0 Å². The van der Waals surface area contributed by atoms with E-state index in [9.17, 15) is 0 Å². The van der Waals surface area contributed by atoms with Gasteiger partial charge in [-0.2, -0.15) is 5.10 Å². The first kappa shape index (κ1) is 15.8. The first-order valence-electron chi connectivity index (χ1n) is 9.11. The molecule has 0 saturated carbocycles. The number of rotatable bonds is 3. The molecule has 0 aliphatic heterocycles. The van der Waals surface area contributed by atoms with Crippen LogP contribution in [0, 0.1) is 6.92 Å². The van der Waals surface area contributed by atoms with E-state index in [4.69, 9.17) is 4.98 Å². The summed E-state index contributed by atoms with van der Waals surface area (Å²) in [5.74, 6) is 2.10. The molecule has 6 rings (SSSR count). The summed E-state index contributed by atoms with van der Waals surface area (Å²) in [6, 6.07) is 9.87. The van der Waals surface area contributed by atoms with Gasteiger partial charge in [-0.25, -0.2) is 15.0 Å². The Labute approximate surface area is 163 Å². The molecule has 0 saturated heterocycles. The van der Waals surface area contributed by atoms with Crippen LogP contribution in [0.2, 0.25) is 0 Å². The van der Waals surface area contributed by atoms with Crippen LogP contribution in [0.3, 0.4) is 0 Å². The van der Waals surface area contributed by atoms with E-state index in [1.165, 1.54) is 0 Å². The number of imidazole rings is 1. The van der Waals surface area contributed by atoms with Gasteiger partial charge in [0.2, 0.25) is 0 Å². The highest BCUT2D eigenvalue weighted by Gasteiger charge is 2.13. The highest BCUT2D eigenvalue weighted by atomic mass is 15.2. The lowest BCUT2D eigenvalue weighted by atomic mass is 10.2. The summed E-state index contributed by atoms with van der Waals surface area (Å²) in [6.45, 7) is 1.94. The molecule has 9 heteroatoms. The molecule has 0 aliphatic rings. The van der Waals surface area contributed by atoms with Crippen molar-refractivity contribution in [2.45, 2.75) is 6.92 Å². The number of fused-ring (bicyclic) bond motifs is 3. The zero-order valence-corrected chi connectivity index (χ0v) is 15.4. The van der Waals surface area contributed by atoms with Crippen molar-refractivity contribution in [2.75, 3.05) is 5.32 Å². The van der Waals surface area contributed by atoms with Crippen molar-refractivity contribution < 1.29 is 0 Å². The average Bonchev–Trinajstić information content (AvgIpc) is 3.45. The highest BCUT2D eigenvalue weighted by molar-refractivity contribution is 5.90. The predicted molar refractivity (Wildman–Crippen MR) is 111 cm³/mol. The fourth-order valence-electron chi connectivity index (χ4n) is 3.47. The van der Waals surface area contributed by atoms with Crippen LogP contribution in [0.4, 0.5) is 11.5 Å². The molecule has 6 aromatic rings. The molecular weight excluding hydrogens is 366 g/mol. The minimum absolute atomic E-state index is 0.573. The van der Waals surface area contributed by atoms with Gasteiger partial charge in [0.25, 0.3) is 0 Å². The molecule has 0 spiro atoms. The Morgan fingerprint density at radius 2 is 1.86 bits per heavy atom. The Hall–Kier alpha value is -4.27. The van der Waals surface area contributed by atoms with Gasteiger partial charge in [-0.15, -0.1) is 0 Å². The lowest BCUT2D eigenvalue weighted by Gasteiger charge is -2.09. The van der Waals surface area contributed by atoms with Gasteiger partial charge in [-0.1, -0.05) is 0 Å². The summed E-state index contributed by atoms with van der Waals surface area (Å²) >= 11 is 0. The molecule has 0 atom stereocenters. The summed E-state index contributed by atoms with van der Waals surface area (Å²) < 4.78 is 0. The maximum atomic E-state index is 4.74. The normalized spacial score (nSPS) is 11.6. The van der Waals surface area contributed by atoms with Crippen LogP contribution in [0.5, 0.6) is 0 Å². The van der Waals surface area contributed by atoms with Gasteiger partial charge in [0, 0.05) is 23.6 Å². The second-order valence-electron chi connectivity index (χ2n) is 6.84. The monoisotopic (exact) mass is 381 g/mol. The summed E-state index contributed by atoms with van der Waals surface area (Å²) in [4.78, 5) is 24.7. The quantitative estimate of drug-likeness (QED) is 0.369. The predicted octanol–water partition coefficient (Wildman–Crippen LogP) is 3.82. The second kappa shape index (κ2) is 5.86. The van der Waals surface area contributed by atoms with Crippen molar-refractivity contribution in [1.82, 2.24) is 40.1 Å². The van der Waals surface area contributed by atoms with Crippen molar-refractivity contribution in [1.29, 1.82) is 0 Å². The zero-order chi connectivity index (χ0) is 19.4. The van der Waals surface area contributed by atoms with E-state index in [0.29, 0.717) is 11.6 Å². The Morgan fingerprint density at radius 1 is 0.897 bits per heavy atom. The Bertz CT molecular complexity index is 1500. The Morgan fingerprint density at radius 3 is 2.83 bits per heavy atom. The minimum Gasteiger partial charge on any atom is -0.360 e. The summed E-state index contributed by atoms with van der Waals surface area (Å²) in [5.41, 5.74) is 6.90. The van der Waals surface area contributed by atoms with Crippen LogP contribution in [0.25, 0.3) is 44.5 Å². The van der Waals surface area contributed by atoms with Crippen LogP contribution in [0.15, 0.2) is 48.9 Å². The van der Waals surface area contributed by atoms with Gasteiger partial charge >= 0.3 is 0 Å². The van der Waals surface area contributed by atoms with Gasteiger partial charge < -0.3 is 15.3 Å². The van der Waals surface area contributed by atoms with Gasteiger partial charge in [0.1, 0.15) is 16.9 Å². The molecule has 140 valence electrons. The van der Waals surface area contributed by atoms with E-state index in [1.54, 1.807) is 12.4 Å². The van der Waals surface area contributed by atoms with Crippen molar-refractivity contribution >= 4 is 44.6 Å². The molecule has 5 aromatic heterocycles. The zero-order valence-electron chi connectivity index (χ0n) is 15.4. The maximum Gasteiger partial charge on any atom is 0.164 e. The number of anilines is 2. The third kappa shape index (κ3) is 2.59. The van der Waals surface area contributed by atoms with Gasteiger partial charge in [-0.3, -0.25) is 10.1 Å². The standard InChI is InChI=1S/C20H15N9/c1-10-24-14-3-2-12(7-16(14)25-10)26-20-18-17(9-23-29-18)27-19(28-20)11-6-15-13(22-8-11)4-5-21-15/h2-9,21H,1H3,(H,23,29)(H,24,25)(H,26,27,28). The van der Waals surface area contributed by atoms with Crippen molar-refractivity contribution in [3.8, 4) is 11.4 Å². The maximum absolute atomic E-state index is 4.74. The van der Waals surface area contributed by atoms with E-state index in [1.807, 2.05) is 43.5 Å². The van der Waals surface area contributed by atoms with Gasteiger partial charge in [0.05, 0.1) is 28.3 Å². The molecule has 1 aromatic carbocycles. The number of benzene rings is 1. The third-order valence-electron chi connectivity index (χ3n) is 4.82. The van der Waals surface area contributed by atoms with E-state index >= 15 is 0 Å². The SMILES string of the molecule is Cc1nc2ccc(Nc3nc(-c4cnc5cc[nH]c5c4)nc4cn[nH]c34)cc2[nH]1. The van der Waals surface area contributed by atoms with Crippen molar-refractivity contribution in [2.24, 2.45) is 0 Å². The lowest BCUT2D eigenvalue weighted by Crippen LogP contribution is -1.99. The van der Waals surface area contributed by atoms with Crippen LogP contribution >= 0.6 is 0 Å². The topological polar surface area (TPSA) is 124 Å². The van der Waals surface area contributed by atoms with Crippen LogP contribution in [-0.2, 0) is 0 Å². The number of pyridine rings is 1. The number of nitrogens with zero attached hydrogens (tertiary/aromatic N) is 5. The Balaban J connectivity index is 1.47. The second-order valence-corrected chi connectivity index (χ2v) is 6.84. The molecule has 0 aliphatic carbocycles. The molecule has 0 fully saturated rings. The number of hydrogen-bond acceptors (Lipinski definition) is 6. The minimum atomic E-state index is 0.573. The molecule has 4 N–H and O–H groups in total. The summed E-state index contributed by atoms with van der Waals surface area (Å²) in [6.07, 6.45) is 5.33. The summed E-state index contributed by atoms with van der Waals surface area (Å²) in [5, 5.41) is 10.5. The van der Waals surface area contributed by atoms with E-state index in [2.05, 4.69) is 40.4 Å². The van der Waals surface area contributed by atoms with E-state index in [0.717, 1.165) is 50.2 Å². The molecule has 0 unspecified atom stereocenters.